The molecule has 1 unspecified atom stereocenters. The molecule has 11 rings (SSSR count). The van der Waals surface area contributed by atoms with E-state index in [2.05, 4.69) is 189 Å². The molecule has 3 heteroatoms. The van der Waals surface area contributed by atoms with Crippen LogP contribution in [0.15, 0.2) is 205 Å². The number of hydrogen-bond acceptors (Lipinski definition) is 3. The Balaban J connectivity index is 1.16. The first-order chi connectivity index (χ1) is 28.1. The Hall–Kier alpha value is -7.36. The minimum atomic E-state index is -0.322. The molecule has 1 aliphatic carbocycles. The van der Waals surface area contributed by atoms with Crippen molar-refractivity contribution in [3.05, 3.63) is 217 Å². The minimum Gasteiger partial charge on any atom is -0.455 e. The maximum atomic E-state index is 6.58. The zero-order chi connectivity index (χ0) is 37.9. The summed E-state index contributed by atoms with van der Waals surface area (Å²) < 4.78 is 6.58. The van der Waals surface area contributed by atoms with Gasteiger partial charge in [0, 0.05) is 38.4 Å². The molecule has 0 spiro atoms. The van der Waals surface area contributed by atoms with E-state index in [0.29, 0.717) is 5.82 Å². The van der Waals surface area contributed by atoms with Crippen molar-refractivity contribution in [1.82, 2.24) is 9.97 Å². The average Bonchev–Trinajstić information content (AvgIpc) is 3.80. The van der Waals surface area contributed by atoms with Crippen molar-refractivity contribution in [2.24, 2.45) is 0 Å². The van der Waals surface area contributed by atoms with E-state index in [1.807, 2.05) is 18.2 Å². The fraction of sp³-hybridized carbons (Fsp3) is 0.0370. The molecular formula is C54H36N2O. The summed E-state index contributed by atoms with van der Waals surface area (Å²) >= 11 is 0. The highest BCUT2D eigenvalue weighted by molar-refractivity contribution is 6.10. The Morgan fingerprint density at radius 1 is 0.404 bits per heavy atom. The van der Waals surface area contributed by atoms with E-state index in [9.17, 15) is 0 Å². The van der Waals surface area contributed by atoms with Crippen LogP contribution < -0.4 is 0 Å². The summed E-state index contributed by atoms with van der Waals surface area (Å²) in [5.74, 6) is 0.684. The number of benzene rings is 8. The maximum Gasteiger partial charge on any atom is 0.160 e. The van der Waals surface area contributed by atoms with Crippen molar-refractivity contribution in [2.75, 3.05) is 0 Å². The molecule has 0 N–H and O–H groups in total. The minimum absolute atomic E-state index is 0.322. The molecule has 57 heavy (non-hydrogen) atoms. The number of fused-ring (bicyclic) bond motifs is 6. The van der Waals surface area contributed by atoms with Gasteiger partial charge < -0.3 is 4.42 Å². The first kappa shape index (κ1) is 33.0. The molecule has 10 aromatic rings. The van der Waals surface area contributed by atoms with Crippen molar-refractivity contribution < 1.29 is 4.42 Å². The third-order valence-corrected chi connectivity index (χ3v) is 11.8. The molecule has 0 amide bonds. The van der Waals surface area contributed by atoms with Gasteiger partial charge in [0.05, 0.1) is 11.4 Å². The summed E-state index contributed by atoms with van der Waals surface area (Å²) in [5, 5.41) is 2.22. The molecule has 0 aliphatic heterocycles. The predicted octanol–water partition coefficient (Wildman–Crippen LogP) is 14.0. The zero-order valence-electron chi connectivity index (χ0n) is 31.4. The van der Waals surface area contributed by atoms with Crippen molar-refractivity contribution in [3.63, 3.8) is 0 Å². The summed E-state index contributed by atoms with van der Waals surface area (Å²) in [7, 11) is 0. The van der Waals surface area contributed by atoms with Crippen LogP contribution in [0.25, 0.3) is 89.2 Å². The SMILES string of the molecule is CC1(c2ccccc2)c2ccccc2-c2c(-c3cc(-c4cc(-c5ccccc5)cc(-c5cccc6c5oc5ccccc56)c4)nc(-c4ccccc4)n3)cccc21. The fourth-order valence-electron chi connectivity index (χ4n) is 8.99. The van der Waals surface area contributed by atoms with Crippen LogP contribution in [0.1, 0.15) is 23.6 Å². The highest BCUT2D eigenvalue weighted by atomic mass is 16.3. The molecular weight excluding hydrogens is 693 g/mol. The largest absolute Gasteiger partial charge is 0.455 e. The number of rotatable bonds is 6. The van der Waals surface area contributed by atoms with Gasteiger partial charge in [-0.2, -0.15) is 0 Å². The van der Waals surface area contributed by atoms with Crippen LogP contribution in [-0.4, -0.2) is 9.97 Å². The van der Waals surface area contributed by atoms with Crippen molar-refractivity contribution in [2.45, 2.75) is 12.3 Å². The highest BCUT2D eigenvalue weighted by Crippen LogP contribution is 2.55. The number of hydrogen-bond donors (Lipinski definition) is 0. The quantitative estimate of drug-likeness (QED) is 0.171. The smallest absolute Gasteiger partial charge is 0.160 e. The van der Waals surface area contributed by atoms with Gasteiger partial charge >= 0.3 is 0 Å². The average molecular weight is 729 g/mol. The van der Waals surface area contributed by atoms with E-state index in [1.54, 1.807) is 0 Å². The second kappa shape index (κ2) is 13.1. The molecule has 1 aliphatic rings. The summed E-state index contributed by atoms with van der Waals surface area (Å²) in [6.07, 6.45) is 0. The molecule has 8 aromatic carbocycles. The zero-order valence-corrected chi connectivity index (χ0v) is 31.4. The molecule has 0 bridgehead atoms. The van der Waals surface area contributed by atoms with Gasteiger partial charge in [0.2, 0.25) is 0 Å². The van der Waals surface area contributed by atoms with Gasteiger partial charge in [-0.05, 0) is 81.8 Å². The van der Waals surface area contributed by atoms with Crippen LogP contribution in [0, 0.1) is 0 Å². The van der Waals surface area contributed by atoms with Crippen LogP contribution in [0.5, 0.6) is 0 Å². The molecule has 0 saturated heterocycles. The normalized spacial score (nSPS) is 14.5. The molecule has 0 fully saturated rings. The lowest BCUT2D eigenvalue weighted by Crippen LogP contribution is -2.22. The van der Waals surface area contributed by atoms with Crippen LogP contribution in [-0.2, 0) is 5.41 Å². The Morgan fingerprint density at radius 3 is 1.81 bits per heavy atom. The number of aromatic nitrogens is 2. The number of nitrogens with zero attached hydrogens (tertiary/aromatic N) is 2. The van der Waals surface area contributed by atoms with E-state index in [4.69, 9.17) is 14.4 Å². The molecule has 1 atom stereocenters. The molecule has 0 saturated carbocycles. The second-order valence-electron chi connectivity index (χ2n) is 15.0. The lowest BCUT2D eigenvalue weighted by molar-refractivity contribution is 0.670. The van der Waals surface area contributed by atoms with E-state index in [0.717, 1.165) is 72.3 Å². The van der Waals surface area contributed by atoms with Gasteiger partial charge in [-0.25, -0.2) is 9.97 Å². The fourth-order valence-corrected chi connectivity index (χ4v) is 8.99. The number of furan rings is 1. The Morgan fingerprint density at radius 2 is 0.982 bits per heavy atom. The lowest BCUT2D eigenvalue weighted by atomic mass is 9.74. The third-order valence-electron chi connectivity index (χ3n) is 11.8. The molecule has 3 nitrogen and oxygen atoms in total. The predicted molar refractivity (Wildman–Crippen MR) is 234 cm³/mol. The van der Waals surface area contributed by atoms with E-state index < -0.39 is 0 Å². The lowest BCUT2D eigenvalue weighted by Gasteiger charge is -2.28. The Bertz CT molecular complexity index is 3130. The maximum absolute atomic E-state index is 6.58. The first-order valence-electron chi connectivity index (χ1n) is 19.5. The van der Waals surface area contributed by atoms with Gasteiger partial charge in [-0.1, -0.05) is 170 Å². The monoisotopic (exact) mass is 728 g/mol. The van der Waals surface area contributed by atoms with Crippen molar-refractivity contribution in [3.8, 4) is 67.3 Å². The highest BCUT2D eigenvalue weighted by Gasteiger charge is 2.41. The Labute approximate surface area is 331 Å². The number of para-hydroxylation sites is 2. The molecule has 2 aromatic heterocycles. The van der Waals surface area contributed by atoms with Gasteiger partial charge in [-0.15, -0.1) is 0 Å². The van der Waals surface area contributed by atoms with Crippen LogP contribution >= 0.6 is 0 Å². The standard InChI is InChI=1S/C54H36N2O/c1-54(40-21-9-4-10-22-40)46-28-13-11-24-44(46)51-45(27-16-29-47(51)54)49-34-48(55-53(56-49)36-19-7-3-8-20-36)39-32-37(35-17-5-2-6-18-35)31-38(33-39)41-25-15-26-43-42-23-12-14-30-50(42)57-52(41)43/h2-34H,1H3. The van der Waals surface area contributed by atoms with Gasteiger partial charge in [0.25, 0.3) is 0 Å². The van der Waals surface area contributed by atoms with Crippen molar-refractivity contribution >= 4 is 21.9 Å². The van der Waals surface area contributed by atoms with E-state index in [1.165, 1.54) is 27.8 Å². The first-order valence-corrected chi connectivity index (χ1v) is 19.5. The van der Waals surface area contributed by atoms with Gasteiger partial charge in [0.15, 0.2) is 5.82 Å². The van der Waals surface area contributed by atoms with Crippen LogP contribution in [0.4, 0.5) is 0 Å². The van der Waals surface area contributed by atoms with E-state index >= 15 is 0 Å². The van der Waals surface area contributed by atoms with Gasteiger partial charge in [-0.3, -0.25) is 0 Å². The van der Waals surface area contributed by atoms with Gasteiger partial charge in [0.1, 0.15) is 11.2 Å². The second-order valence-corrected chi connectivity index (χ2v) is 15.0. The summed E-state index contributed by atoms with van der Waals surface area (Å²) in [5.41, 5.74) is 16.9. The summed E-state index contributed by atoms with van der Waals surface area (Å²) in [6, 6.07) is 71.0. The molecule has 2 heterocycles. The molecule has 0 radical (unpaired) electrons. The van der Waals surface area contributed by atoms with Crippen LogP contribution in [0.2, 0.25) is 0 Å². The van der Waals surface area contributed by atoms with E-state index in [-0.39, 0.29) is 5.41 Å². The van der Waals surface area contributed by atoms with Crippen molar-refractivity contribution in [1.29, 1.82) is 0 Å². The third kappa shape index (κ3) is 5.35. The Kier molecular flexibility index (Phi) is 7.61. The topological polar surface area (TPSA) is 38.9 Å². The van der Waals surface area contributed by atoms with Crippen LogP contribution in [0.3, 0.4) is 0 Å². The summed E-state index contributed by atoms with van der Waals surface area (Å²) in [4.78, 5) is 10.7. The summed E-state index contributed by atoms with van der Waals surface area (Å²) in [6.45, 7) is 2.36. The molecule has 268 valence electrons.